The normalized spacial score (nSPS) is 11.3. The summed E-state index contributed by atoms with van der Waals surface area (Å²) in [6.07, 6.45) is 3.50. The monoisotopic (exact) mass is 429 g/mol. The lowest BCUT2D eigenvalue weighted by molar-refractivity contribution is 0.102. The summed E-state index contributed by atoms with van der Waals surface area (Å²) in [5, 5.41) is 10.3. The molecule has 1 heterocycles. The topological polar surface area (TPSA) is 111 Å². The predicted octanol–water partition coefficient (Wildman–Crippen LogP) is 3.50. The number of carbonyl (C=O) groups excluding carboxylic acids is 1. The second kappa shape index (κ2) is 9.53. The highest BCUT2D eigenvalue weighted by molar-refractivity contribution is 7.90. The van der Waals surface area contributed by atoms with Crippen molar-refractivity contribution in [2.75, 3.05) is 18.2 Å². The van der Waals surface area contributed by atoms with E-state index in [2.05, 4.69) is 22.4 Å². The predicted molar refractivity (Wildman–Crippen MR) is 111 cm³/mol. The Morgan fingerprint density at radius 1 is 1.07 bits per heavy atom. The summed E-state index contributed by atoms with van der Waals surface area (Å²) >= 11 is 0. The van der Waals surface area contributed by atoms with E-state index in [1.54, 1.807) is 36.4 Å². The van der Waals surface area contributed by atoms with E-state index in [1.165, 1.54) is 12.1 Å². The van der Waals surface area contributed by atoms with Crippen molar-refractivity contribution in [3.63, 3.8) is 0 Å². The van der Waals surface area contributed by atoms with Crippen molar-refractivity contribution in [1.82, 2.24) is 10.2 Å². The van der Waals surface area contributed by atoms with Crippen molar-refractivity contribution in [2.45, 2.75) is 31.1 Å². The number of carbonyl (C=O) groups is 1. The first-order valence-electron chi connectivity index (χ1n) is 9.51. The molecule has 0 spiro atoms. The zero-order chi connectivity index (χ0) is 21.6. The Hall–Kier alpha value is -3.20. The quantitative estimate of drug-likeness (QED) is 0.518. The van der Waals surface area contributed by atoms with Crippen molar-refractivity contribution in [1.29, 1.82) is 0 Å². The molecule has 2 aromatic carbocycles. The summed E-state index contributed by atoms with van der Waals surface area (Å²) < 4.78 is 34.1. The number of hydrogen-bond donors (Lipinski definition) is 1. The Labute approximate surface area is 175 Å². The zero-order valence-electron chi connectivity index (χ0n) is 16.8. The van der Waals surface area contributed by atoms with E-state index in [0.717, 1.165) is 24.7 Å². The van der Waals surface area contributed by atoms with Gasteiger partial charge in [0.05, 0.1) is 17.9 Å². The fourth-order valence-corrected chi connectivity index (χ4v) is 3.24. The van der Waals surface area contributed by atoms with Gasteiger partial charge in [-0.3, -0.25) is 10.1 Å². The average Bonchev–Trinajstić information content (AvgIpc) is 3.15. The Kier molecular flexibility index (Phi) is 6.83. The van der Waals surface area contributed by atoms with Crippen LogP contribution >= 0.6 is 0 Å². The van der Waals surface area contributed by atoms with Gasteiger partial charge in [-0.1, -0.05) is 30.6 Å². The summed E-state index contributed by atoms with van der Waals surface area (Å²) in [6, 6.07) is 13.2. The number of unbranched alkanes of at least 4 members (excludes halogenated alkanes) is 1. The first-order chi connectivity index (χ1) is 14.3. The van der Waals surface area contributed by atoms with Crippen LogP contribution in [-0.2, 0) is 16.3 Å². The van der Waals surface area contributed by atoms with Crippen LogP contribution in [-0.4, -0.2) is 37.4 Å². The van der Waals surface area contributed by atoms with Crippen molar-refractivity contribution in [2.24, 2.45) is 0 Å². The standard InChI is InChI=1S/C21H23N3O5S/c1-3-4-13-28-17-9-7-16(8-10-17)20(25)22-21-24-23-19(29-21)14-15-5-11-18(12-6-15)30(2,26)27/h5-12H,3-4,13-14H2,1-2H3,(H,22,24,25). The zero-order valence-corrected chi connectivity index (χ0v) is 17.6. The number of nitrogens with one attached hydrogen (secondary N) is 1. The molecule has 1 amide bonds. The van der Waals surface area contributed by atoms with Gasteiger partial charge in [0.2, 0.25) is 5.89 Å². The van der Waals surface area contributed by atoms with Gasteiger partial charge >= 0.3 is 6.01 Å². The maximum atomic E-state index is 12.3. The lowest BCUT2D eigenvalue weighted by Crippen LogP contribution is -2.12. The third-order valence-electron chi connectivity index (χ3n) is 4.28. The maximum absolute atomic E-state index is 12.3. The molecule has 0 aliphatic heterocycles. The number of benzene rings is 2. The number of nitrogens with zero attached hydrogens (tertiary/aromatic N) is 2. The number of ether oxygens (including phenoxy) is 1. The molecule has 1 aromatic heterocycles. The molecule has 1 N–H and O–H groups in total. The highest BCUT2D eigenvalue weighted by Crippen LogP contribution is 2.17. The molecule has 0 aliphatic carbocycles. The third kappa shape index (κ3) is 5.90. The molecule has 0 radical (unpaired) electrons. The second-order valence-corrected chi connectivity index (χ2v) is 8.79. The molecule has 0 fully saturated rings. The number of anilines is 1. The Morgan fingerprint density at radius 3 is 2.40 bits per heavy atom. The van der Waals surface area contributed by atoms with Crippen LogP contribution in [0.4, 0.5) is 6.01 Å². The molecule has 0 aliphatic rings. The van der Waals surface area contributed by atoms with E-state index in [4.69, 9.17) is 9.15 Å². The molecule has 9 heteroatoms. The minimum atomic E-state index is -3.24. The number of amides is 1. The molecule has 0 unspecified atom stereocenters. The molecule has 3 aromatic rings. The van der Waals surface area contributed by atoms with Gasteiger partial charge < -0.3 is 9.15 Å². The first-order valence-corrected chi connectivity index (χ1v) is 11.4. The van der Waals surface area contributed by atoms with E-state index in [-0.39, 0.29) is 16.8 Å². The van der Waals surface area contributed by atoms with E-state index in [9.17, 15) is 13.2 Å². The van der Waals surface area contributed by atoms with Gasteiger partial charge in [-0.2, -0.15) is 0 Å². The molecule has 0 saturated carbocycles. The fraction of sp³-hybridized carbons (Fsp3) is 0.286. The van der Waals surface area contributed by atoms with Crippen LogP contribution in [0.15, 0.2) is 57.8 Å². The molecule has 30 heavy (non-hydrogen) atoms. The average molecular weight is 429 g/mol. The van der Waals surface area contributed by atoms with Crippen LogP contribution in [0.25, 0.3) is 0 Å². The van der Waals surface area contributed by atoms with Crippen LogP contribution < -0.4 is 10.1 Å². The van der Waals surface area contributed by atoms with Gasteiger partial charge in [-0.05, 0) is 48.4 Å². The molecule has 3 rings (SSSR count). The molecule has 0 atom stereocenters. The summed E-state index contributed by atoms with van der Waals surface area (Å²) in [4.78, 5) is 12.6. The third-order valence-corrected chi connectivity index (χ3v) is 5.41. The Bertz CT molecular complexity index is 1090. The molecule has 0 bridgehead atoms. The van der Waals surface area contributed by atoms with Gasteiger partial charge in [0.25, 0.3) is 5.91 Å². The fourth-order valence-electron chi connectivity index (χ4n) is 2.61. The highest BCUT2D eigenvalue weighted by Gasteiger charge is 2.13. The molecule has 0 saturated heterocycles. The number of aromatic nitrogens is 2. The Balaban J connectivity index is 1.57. The lowest BCUT2D eigenvalue weighted by Gasteiger charge is -2.06. The van der Waals surface area contributed by atoms with Crippen molar-refractivity contribution >= 4 is 21.8 Å². The molecular weight excluding hydrogens is 406 g/mol. The van der Waals surface area contributed by atoms with Crippen LogP contribution in [0.5, 0.6) is 5.75 Å². The van der Waals surface area contributed by atoms with Gasteiger partial charge in [0, 0.05) is 11.8 Å². The van der Waals surface area contributed by atoms with E-state index in [1.807, 2.05) is 0 Å². The number of sulfone groups is 1. The highest BCUT2D eigenvalue weighted by atomic mass is 32.2. The summed E-state index contributed by atoms with van der Waals surface area (Å²) in [7, 11) is -3.24. The summed E-state index contributed by atoms with van der Waals surface area (Å²) in [6.45, 7) is 2.73. The maximum Gasteiger partial charge on any atom is 0.322 e. The summed E-state index contributed by atoms with van der Waals surface area (Å²) in [5.41, 5.74) is 1.25. The molecule has 158 valence electrons. The SMILES string of the molecule is CCCCOc1ccc(C(=O)Nc2nnc(Cc3ccc(S(C)(=O)=O)cc3)o2)cc1. The van der Waals surface area contributed by atoms with Gasteiger partial charge in [-0.15, -0.1) is 5.10 Å². The number of hydrogen-bond acceptors (Lipinski definition) is 7. The minimum absolute atomic E-state index is 0.00831. The second-order valence-electron chi connectivity index (χ2n) is 6.77. The van der Waals surface area contributed by atoms with Crippen LogP contribution in [0.3, 0.4) is 0 Å². The van der Waals surface area contributed by atoms with E-state index < -0.39 is 9.84 Å². The van der Waals surface area contributed by atoms with Gasteiger partial charge in [0.15, 0.2) is 9.84 Å². The van der Waals surface area contributed by atoms with Crippen molar-refractivity contribution in [3.05, 3.63) is 65.5 Å². The van der Waals surface area contributed by atoms with Crippen molar-refractivity contribution in [3.8, 4) is 5.75 Å². The van der Waals surface area contributed by atoms with Crippen molar-refractivity contribution < 1.29 is 22.4 Å². The lowest BCUT2D eigenvalue weighted by atomic mass is 10.1. The number of rotatable bonds is 9. The molecule has 8 nitrogen and oxygen atoms in total. The van der Waals surface area contributed by atoms with Crippen LogP contribution in [0, 0.1) is 0 Å². The smallest absolute Gasteiger partial charge is 0.322 e. The largest absolute Gasteiger partial charge is 0.494 e. The first kappa shape index (κ1) is 21.5. The van der Waals surface area contributed by atoms with Gasteiger partial charge in [0.1, 0.15) is 5.75 Å². The van der Waals surface area contributed by atoms with Crippen LogP contribution in [0.1, 0.15) is 41.6 Å². The Morgan fingerprint density at radius 2 is 1.77 bits per heavy atom. The van der Waals surface area contributed by atoms with Crippen LogP contribution in [0.2, 0.25) is 0 Å². The summed E-state index contributed by atoms with van der Waals surface area (Å²) in [5.74, 6) is 0.641. The van der Waals surface area contributed by atoms with Gasteiger partial charge in [-0.25, -0.2) is 8.42 Å². The molecular formula is C21H23N3O5S. The van der Waals surface area contributed by atoms with E-state index in [0.29, 0.717) is 30.2 Å². The van der Waals surface area contributed by atoms with E-state index >= 15 is 0 Å². The minimum Gasteiger partial charge on any atom is -0.494 e.